The summed E-state index contributed by atoms with van der Waals surface area (Å²) in [5.74, 6) is 0.646. The van der Waals surface area contributed by atoms with Crippen molar-refractivity contribution in [2.75, 3.05) is 20.2 Å². The number of sulfonamides is 1. The molecule has 2 rings (SSSR count). The van der Waals surface area contributed by atoms with E-state index in [0.717, 1.165) is 19.3 Å². The van der Waals surface area contributed by atoms with Crippen molar-refractivity contribution in [3.8, 4) is 5.75 Å². The summed E-state index contributed by atoms with van der Waals surface area (Å²) in [6, 6.07) is 6.40. The third-order valence-electron chi connectivity index (χ3n) is 3.51. The lowest BCUT2D eigenvalue weighted by molar-refractivity contribution is 0.257. The summed E-state index contributed by atoms with van der Waals surface area (Å²) in [4.78, 5) is 0.300. The quantitative estimate of drug-likeness (QED) is 0.901. The molecule has 0 amide bonds. The van der Waals surface area contributed by atoms with E-state index in [0.29, 0.717) is 23.7 Å². The second-order valence-corrected chi connectivity index (χ2v) is 6.57. The van der Waals surface area contributed by atoms with E-state index >= 15 is 0 Å². The van der Waals surface area contributed by atoms with Gasteiger partial charge in [0.2, 0.25) is 10.0 Å². The normalized spacial score (nSPS) is 21.3. The highest BCUT2D eigenvalue weighted by Gasteiger charge is 2.32. The van der Waals surface area contributed by atoms with Crippen molar-refractivity contribution in [3.63, 3.8) is 0 Å². The summed E-state index contributed by atoms with van der Waals surface area (Å²) in [6.45, 7) is 0.922. The molecule has 1 heterocycles. The Morgan fingerprint density at radius 3 is 2.58 bits per heavy atom. The molecule has 1 aliphatic rings. The van der Waals surface area contributed by atoms with Gasteiger partial charge >= 0.3 is 0 Å². The molecule has 0 radical (unpaired) electrons. The van der Waals surface area contributed by atoms with Crippen LogP contribution in [0.3, 0.4) is 0 Å². The summed E-state index contributed by atoms with van der Waals surface area (Å²) >= 11 is 0. The second kappa shape index (κ2) is 5.90. The second-order valence-electron chi connectivity index (χ2n) is 4.68. The van der Waals surface area contributed by atoms with Crippen LogP contribution in [0.15, 0.2) is 29.2 Å². The standard InChI is InChI=1S/C13H20N2O3S/c1-18-12-5-7-13(8-6-12)19(16,17)15-9-3-2-4-11(15)10-14/h5-8,11H,2-4,9-10,14H2,1H3. The molecule has 0 aliphatic carbocycles. The smallest absolute Gasteiger partial charge is 0.243 e. The van der Waals surface area contributed by atoms with E-state index in [-0.39, 0.29) is 6.04 Å². The molecule has 1 aromatic rings. The predicted octanol–water partition coefficient (Wildman–Crippen LogP) is 1.20. The molecule has 106 valence electrons. The molecule has 1 aliphatic heterocycles. The minimum absolute atomic E-state index is 0.0825. The topological polar surface area (TPSA) is 72.6 Å². The highest BCUT2D eigenvalue weighted by molar-refractivity contribution is 7.89. The number of hydrogen-bond acceptors (Lipinski definition) is 4. The summed E-state index contributed by atoms with van der Waals surface area (Å²) in [5, 5.41) is 0. The Morgan fingerprint density at radius 1 is 1.32 bits per heavy atom. The first-order valence-electron chi connectivity index (χ1n) is 6.45. The lowest BCUT2D eigenvalue weighted by Gasteiger charge is -2.33. The fourth-order valence-electron chi connectivity index (χ4n) is 2.41. The number of rotatable bonds is 4. The number of benzene rings is 1. The lowest BCUT2D eigenvalue weighted by atomic mass is 10.1. The Morgan fingerprint density at radius 2 is 2.00 bits per heavy atom. The number of nitrogens with zero attached hydrogens (tertiary/aromatic N) is 1. The van der Waals surface area contributed by atoms with Crippen molar-refractivity contribution in [2.24, 2.45) is 5.73 Å². The first-order valence-corrected chi connectivity index (χ1v) is 7.89. The van der Waals surface area contributed by atoms with Gasteiger partial charge in [-0.05, 0) is 37.1 Å². The molecule has 0 bridgehead atoms. The van der Waals surface area contributed by atoms with Crippen LogP contribution in [0, 0.1) is 0 Å². The molecule has 1 unspecified atom stereocenters. The van der Waals surface area contributed by atoms with Gasteiger partial charge in [-0.2, -0.15) is 4.31 Å². The molecule has 19 heavy (non-hydrogen) atoms. The summed E-state index contributed by atoms with van der Waals surface area (Å²) in [7, 11) is -1.90. The third-order valence-corrected chi connectivity index (χ3v) is 5.48. The van der Waals surface area contributed by atoms with Gasteiger partial charge in [0.25, 0.3) is 0 Å². The van der Waals surface area contributed by atoms with Crippen molar-refractivity contribution < 1.29 is 13.2 Å². The maximum atomic E-state index is 12.6. The first-order chi connectivity index (χ1) is 9.09. The van der Waals surface area contributed by atoms with Crippen molar-refractivity contribution in [2.45, 2.75) is 30.2 Å². The first kappa shape index (κ1) is 14.3. The van der Waals surface area contributed by atoms with Crippen molar-refractivity contribution in [1.82, 2.24) is 4.31 Å². The third kappa shape index (κ3) is 2.91. The van der Waals surface area contributed by atoms with Gasteiger partial charge in [-0.15, -0.1) is 0 Å². The van der Waals surface area contributed by atoms with Crippen LogP contribution in [0.4, 0.5) is 0 Å². The Hall–Kier alpha value is -1.11. The number of nitrogens with two attached hydrogens (primary N) is 1. The van der Waals surface area contributed by atoms with E-state index in [1.165, 1.54) is 4.31 Å². The van der Waals surface area contributed by atoms with E-state index in [4.69, 9.17) is 10.5 Å². The Kier molecular flexibility index (Phi) is 4.44. The van der Waals surface area contributed by atoms with Gasteiger partial charge in [0.1, 0.15) is 5.75 Å². The molecular weight excluding hydrogens is 264 g/mol. The Bertz CT molecular complexity index is 513. The largest absolute Gasteiger partial charge is 0.497 e. The van der Waals surface area contributed by atoms with Crippen LogP contribution in [0.5, 0.6) is 5.75 Å². The van der Waals surface area contributed by atoms with Gasteiger partial charge in [-0.1, -0.05) is 6.42 Å². The summed E-state index contributed by atoms with van der Waals surface area (Å²) < 4.78 is 31.8. The van der Waals surface area contributed by atoms with Crippen LogP contribution in [0.25, 0.3) is 0 Å². The van der Waals surface area contributed by atoms with Gasteiger partial charge in [-0.3, -0.25) is 0 Å². The Balaban J connectivity index is 2.29. The molecule has 0 aromatic heterocycles. The predicted molar refractivity (Wildman–Crippen MR) is 73.6 cm³/mol. The van der Waals surface area contributed by atoms with Crippen LogP contribution >= 0.6 is 0 Å². The van der Waals surface area contributed by atoms with E-state index in [2.05, 4.69) is 0 Å². The Labute approximate surface area is 114 Å². The van der Waals surface area contributed by atoms with Crippen LogP contribution in [0.2, 0.25) is 0 Å². The molecule has 1 fully saturated rings. The molecule has 1 atom stereocenters. The van der Waals surface area contributed by atoms with Crippen LogP contribution < -0.4 is 10.5 Å². The number of hydrogen-bond donors (Lipinski definition) is 1. The lowest BCUT2D eigenvalue weighted by Crippen LogP contribution is -2.47. The zero-order chi connectivity index (χ0) is 13.9. The van der Waals surface area contributed by atoms with E-state index in [1.54, 1.807) is 31.4 Å². The zero-order valence-electron chi connectivity index (χ0n) is 11.1. The van der Waals surface area contributed by atoms with E-state index < -0.39 is 10.0 Å². The van der Waals surface area contributed by atoms with E-state index in [9.17, 15) is 8.42 Å². The van der Waals surface area contributed by atoms with Gasteiger partial charge < -0.3 is 10.5 Å². The zero-order valence-corrected chi connectivity index (χ0v) is 11.9. The molecule has 0 saturated carbocycles. The van der Waals surface area contributed by atoms with Crippen LogP contribution in [-0.2, 0) is 10.0 Å². The monoisotopic (exact) mass is 284 g/mol. The minimum Gasteiger partial charge on any atom is -0.497 e. The maximum Gasteiger partial charge on any atom is 0.243 e. The van der Waals surface area contributed by atoms with Crippen LogP contribution in [-0.4, -0.2) is 39.0 Å². The van der Waals surface area contributed by atoms with Gasteiger partial charge in [0.05, 0.1) is 12.0 Å². The average Bonchev–Trinajstić information content (AvgIpc) is 2.47. The number of methoxy groups -OCH3 is 1. The van der Waals surface area contributed by atoms with Crippen molar-refractivity contribution >= 4 is 10.0 Å². The SMILES string of the molecule is COc1ccc(S(=O)(=O)N2CCCCC2CN)cc1. The number of ether oxygens (including phenoxy) is 1. The molecule has 5 nitrogen and oxygen atoms in total. The molecular formula is C13H20N2O3S. The van der Waals surface area contributed by atoms with Gasteiger partial charge in [0.15, 0.2) is 0 Å². The minimum atomic E-state index is -3.45. The van der Waals surface area contributed by atoms with Gasteiger partial charge in [-0.25, -0.2) is 8.42 Å². The maximum absolute atomic E-state index is 12.6. The fourth-order valence-corrected chi connectivity index (χ4v) is 4.11. The summed E-state index contributed by atoms with van der Waals surface area (Å²) in [5.41, 5.74) is 5.69. The fraction of sp³-hybridized carbons (Fsp3) is 0.538. The molecule has 0 spiro atoms. The summed E-state index contributed by atoms with van der Waals surface area (Å²) in [6.07, 6.45) is 2.77. The average molecular weight is 284 g/mol. The highest BCUT2D eigenvalue weighted by Crippen LogP contribution is 2.25. The number of piperidine rings is 1. The molecule has 6 heteroatoms. The van der Waals surface area contributed by atoms with Gasteiger partial charge in [0, 0.05) is 19.1 Å². The highest BCUT2D eigenvalue weighted by atomic mass is 32.2. The molecule has 1 saturated heterocycles. The van der Waals surface area contributed by atoms with E-state index in [1.807, 2.05) is 0 Å². The molecule has 2 N–H and O–H groups in total. The molecule has 1 aromatic carbocycles. The van der Waals surface area contributed by atoms with Crippen molar-refractivity contribution in [3.05, 3.63) is 24.3 Å². The van der Waals surface area contributed by atoms with Crippen LogP contribution in [0.1, 0.15) is 19.3 Å². The van der Waals surface area contributed by atoms with Crippen molar-refractivity contribution in [1.29, 1.82) is 0 Å².